The molecule has 0 radical (unpaired) electrons. The van der Waals surface area contributed by atoms with Crippen molar-refractivity contribution in [1.82, 2.24) is 18.7 Å². The summed E-state index contributed by atoms with van der Waals surface area (Å²) >= 11 is 0. The van der Waals surface area contributed by atoms with Crippen LogP contribution in [-0.4, -0.2) is 24.5 Å². The Morgan fingerprint density at radius 2 is 1.59 bits per heavy atom. The highest BCUT2D eigenvalue weighted by Crippen LogP contribution is 2.16. The van der Waals surface area contributed by atoms with E-state index in [1.165, 1.54) is 39.7 Å². The highest BCUT2D eigenvalue weighted by Gasteiger charge is 2.21. The molecule has 0 atom stereocenters. The maximum atomic E-state index is 13.7. The third kappa shape index (κ3) is 4.61. The van der Waals surface area contributed by atoms with E-state index in [1.54, 1.807) is 0 Å². The summed E-state index contributed by atoms with van der Waals surface area (Å²) in [5, 5.41) is 0. The molecule has 186 valence electrons. The second kappa shape index (κ2) is 9.73. The minimum Gasteiger partial charge on any atom is -0.317 e. The van der Waals surface area contributed by atoms with Gasteiger partial charge < -0.3 is 4.57 Å². The monoisotopic (exact) mass is 504 g/mol. The second-order valence-electron chi connectivity index (χ2n) is 8.38. The van der Waals surface area contributed by atoms with Crippen LogP contribution in [0.25, 0.3) is 16.9 Å². The van der Waals surface area contributed by atoms with Gasteiger partial charge in [0.05, 0.1) is 18.6 Å². The van der Waals surface area contributed by atoms with Crippen LogP contribution >= 0.6 is 0 Å². The SMILES string of the molecule is O=C(Cn1cnc2c1c(=O)n(CCc1ccccc1)c(=O)n2-c1ccc(F)cc1)c1ccc(F)c(F)c1. The molecular formula is C27H19F3N4O3. The molecule has 0 aliphatic carbocycles. The van der Waals surface area contributed by atoms with Gasteiger partial charge in [-0.25, -0.2) is 27.5 Å². The molecule has 0 aliphatic rings. The van der Waals surface area contributed by atoms with Crippen molar-refractivity contribution in [2.24, 2.45) is 0 Å². The number of fused-ring (bicyclic) bond motifs is 1. The van der Waals surface area contributed by atoms with Crippen LogP contribution in [0.3, 0.4) is 0 Å². The number of Topliss-reactive ketones (excluding diaryl/α,β-unsaturated/α-hetero) is 1. The van der Waals surface area contributed by atoms with Crippen molar-refractivity contribution in [2.45, 2.75) is 19.5 Å². The van der Waals surface area contributed by atoms with E-state index in [0.717, 1.165) is 28.3 Å². The number of halogens is 3. The van der Waals surface area contributed by atoms with Crippen molar-refractivity contribution < 1.29 is 18.0 Å². The van der Waals surface area contributed by atoms with E-state index >= 15 is 0 Å². The maximum absolute atomic E-state index is 13.7. The van der Waals surface area contributed by atoms with Gasteiger partial charge in [-0.3, -0.25) is 14.2 Å². The summed E-state index contributed by atoms with van der Waals surface area (Å²) in [5.41, 5.74) is -0.283. The molecule has 5 rings (SSSR count). The van der Waals surface area contributed by atoms with E-state index in [0.29, 0.717) is 6.42 Å². The predicted octanol–water partition coefficient (Wildman–Crippen LogP) is 3.89. The van der Waals surface area contributed by atoms with Crippen LogP contribution in [-0.2, 0) is 19.5 Å². The Bertz CT molecular complexity index is 1740. The average Bonchev–Trinajstić information content (AvgIpc) is 3.30. The summed E-state index contributed by atoms with van der Waals surface area (Å²) in [6.07, 6.45) is 1.61. The van der Waals surface area contributed by atoms with Crippen molar-refractivity contribution in [3.05, 3.63) is 129 Å². The number of benzene rings is 3. The van der Waals surface area contributed by atoms with Crippen molar-refractivity contribution in [2.75, 3.05) is 0 Å². The number of aryl methyl sites for hydroxylation is 1. The lowest BCUT2D eigenvalue weighted by Gasteiger charge is -2.13. The number of aromatic nitrogens is 4. The fourth-order valence-corrected chi connectivity index (χ4v) is 4.12. The molecule has 5 aromatic rings. The van der Waals surface area contributed by atoms with Crippen molar-refractivity contribution in [3.8, 4) is 5.69 Å². The van der Waals surface area contributed by atoms with Crippen molar-refractivity contribution >= 4 is 16.9 Å². The zero-order valence-corrected chi connectivity index (χ0v) is 19.3. The number of imidazole rings is 1. The second-order valence-corrected chi connectivity index (χ2v) is 8.38. The van der Waals surface area contributed by atoms with E-state index in [4.69, 9.17) is 0 Å². The lowest BCUT2D eigenvalue weighted by molar-refractivity contribution is 0.0972. The predicted molar refractivity (Wildman–Crippen MR) is 130 cm³/mol. The van der Waals surface area contributed by atoms with E-state index in [1.807, 2.05) is 30.3 Å². The number of hydrogen-bond acceptors (Lipinski definition) is 4. The topological polar surface area (TPSA) is 78.9 Å². The molecule has 37 heavy (non-hydrogen) atoms. The number of ketones is 1. The first-order valence-corrected chi connectivity index (χ1v) is 11.3. The Hall–Kier alpha value is -4.73. The molecule has 0 unspecified atom stereocenters. The molecule has 0 amide bonds. The van der Waals surface area contributed by atoms with E-state index in [9.17, 15) is 27.6 Å². The fourth-order valence-electron chi connectivity index (χ4n) is 4.12. The summed E-state index contributed by atoms with van der Waals surface area (Å²) in [6.45, 7) is -0.363. The standard InChI is InChI=1S/C27H19F3N4O3/c28-19-7-9-20(10-8-19)34-25-24(26(36)33(27(34)37)13-12-17-4-2-1-3-5-17)32(16-31-25)15-23(35)18-6-11-21(29)22(30)14-18/h1-11,14,16H,12-13,15H2. The number of carbonyl (C=O) groups excluding carboxylic acids is 1. The third-order valence-corrected chi connectivity index (χ3v) is 6.01. The van der Waals surface area contributed by atoms with Crippen LogP contribution in [0.4, 0.5) is 13.2 Å². The van der Waals surface area contributed by atoms with E-state index < -0.39 is 41.0 Å². The molecule has 0 saturated heterocycles. The van der Waals surface area contributed by atoms with Crippen LogP contribution in [0.2, 0.25) is 0 Å². The molecule has 3 aromatic carbocycles. The Labute approximate surface area is 207 Å². The minimum absolute atomic E-state index is 0.0179. The Balaban J connectivity index is 1.64. The summed E-state index contributed by atoms with van der Waals surface area (Å²) in [4.78, 5) is 44.0. The quantitative estimate of drug-likeness (QED) is 0.315. The lowest BCUT2D eigenvalue weighted by Crippen LogP contribution is -2.40. The zero-order valence-electron chi connectivity index (χ0n) is 19.3. The van der Waals surface area contributed by atoms with Gasteiger partial charge in [0.2, 0.25) is 0 Å². The van der Waals surface area contributed by atoms with E-state index in [2.05, 4.69) is 4.98 Å². The minimum atomic E-state index is -1.17. The van der Waals surface area contributed by atoms with Crippen LogP contribution in [0, 0.1) is 17.5 Å². The molecule has 7 nitrogen and oxygen atoms in total. The summed E-state index contributed by atoms with van der Waals surface area (Å²) in [7, 11) is 0. The smallest absolute Gasteiger partial charge is 0.317 e. The van der Waals surface area contributed by atoms with Gasteiger partial charge in [-0.05, 0) is 54.4 Å². The van der Waals surface area contributed by atoms with E-state index in [-0.39, 0.29) is 29.0 Å². The molecule has 0 saturated carbocycles. The molecule has 0 bridgehead atoms. The molecule has 2 aromatic heterocycles. The van der Waals surface area contributed by atoms with Crippen LogP contribution < -0.4 is 11.2 Å². The summed E-state index contributed by atoms with van der Waals surface area (Å²) in [6, 6.07) is 17.2. The Kier molecular flexibility index (Phi) is 6.31. The molecule has 0 aliphatic heterocycles. The molecule has 0 spiro atoms. The van der Waals surface area contributed by atoms with Crippen LogP contribution in [0.15, 0.2) is 88.7 Å². The fraction of sp³-hybridized carbons (Fsp3) is 0.111. The van der Waals surface area contributed by atoms with Gasteiger partial charge in [0, 0.05) is 12.1 Å². The normalized spacial score (nSPS) is 11.2. The number of nitrogens with zero attached hydrogens (tertiary/aromatic N) is 4. The maximum Gasteiger partial charge on any atom is 0.337 e. The van der Waals surface area contributed by atoms with Gasteiger partial charge in [-0.15, -0.1) is 0 Å². The highest BCUT2D eigenvalue weighted by molar-refractivity contribution is 5.96. The lowest BCUT2D eigenvalue weighted by atomic mass is 10.1. The molecular weight excluding hydrogens is 485 g/mol. The van der Waals surface area contributed by atoms with Gasteiger partial charge in [-0.2, -0.15) is 0 Å². The first kappa shape index (κ1) is 24.0. The number of rotatable bonds is 7. The first-order chi connectivity index (χ1) is 17.8. The first-order valence-electron chi connectivity index (χ1n) is 11.3. The van der Waals surface area contributed by atoms with Gasteiger partial charge in [-0.1, -0.05) is 30.3 Å². The Morgan fingerprint density at radius 1 is 0.865 bits per heavy atom. The highest BCUT2D eigenvalue weighted by atomic mass is 19.2. The molecule has 2 heterocycles. The Morgan fingerprint density at radius 3 is 2.30 bits per heavy atom. The molecule has 0 fully saturated rings. The van der Waals surface area contributed by atoms with Crippen LogP contribution in [0.5, 0.6) is 0 Å². The number of hydrogen-bond donors (Lipinski definition) is 0. The zero-order chi connectivity index (χ0) is 26.1. The van der Waals surface area contributed by atoms with Gasteiger partial charge in [0.1, 0.15) is 5.82 Å². The molecule has 10 heteroatoms. The summed E-state index contributed by atoms with van der Waals surface area (Å²) < 4.78 is 44.0. The van der Waals surface area contributed by atoms with Gasteiger partial charge in [0.25, 0.3) is 5.56 Å². The third-order valence-electron chi connectivity index (χ3n) is 6.01. The van der Waals surface area contributed by atoms with Gasteiger partial charge in [0.15, 0.2) is 28.6 Å². The molecule has 0 N–H and O–H groups in total. The summed E-state index contributed by atoms with van der Waals surface area (Å²) in [5.74, 6) is -3.36. The van der Waals surface area contributed by atoms with Crippen molar-refractivity contribution in [3.63, 3.8) is 0 Å². The van der Waals surface area contributed by atoms with Crippen LogP contribution in [0.1, 0.15) is 15.9 Å². The van der Waals surface area contributed by atoms with Crippen molar-refractivity contribution in [1.29, 1.82) is 0 Å². The average molecular weight is 504 g/mol. The van der Waals surface area contributed by atoms with Gasteiger partial charge >= 0.3 is 5.69 Å². The number of carbonyl (C=O) groups is 1. The largest absolute Gasteiger partial charge is 0.337 e.